The first-order chi connectivity index (χ1) is 6.56. The molecular formula is C12H17FO. The van der Waals surface area contributed by atoms with Crippen LogP contribution in [0.2, 0.25) is 0 Å². The van der Waals surface area contributed by atoms with E-state index in [-0.39, 0.29) is 5.75 Å². The lowest BCUT2D eigenvalue weighted by Gasteiger charge is -2.12. The van der Waals surface area contributed by atoms with Crippen LogP contribution in [0.4, 0.5) is 4.39 Å². The quantitative estimate of drug-likeness (QED) is 0.779. The topological polar surface area (TPSA) is 20.2 Å². The highest BCUT2D eigenvalue weighted by molar-refractivity contribution is 5.43. The molecule has 1 unspecified atom stereocenters. The van der Waals surface area contributed by atoms with Crippen LogP contribution in [0.25, 0.3) is 0 Å². The number of rotatable bonds is 3. The summed E-state index contributed by atoms with van der Waals surface area (Å²) in [7, 11) is 0. The Hall–Kier alpha value is -1.05. The fourth-order valence-electron chi connectivity index (χ4n) is 1.64. The molecule has 0 fully saturated rings. The van der Waals surface area contributed by atoms with Gasteiger partial charge in [0, 0.05) is 5.56 Å². The van der Waals surface area contributed by atoms with Crippen LogP contribution in [0.5, 0.6) is 5.75 Å². The van der Waals surface area contributed by atoms with Crippen LogP contribution in [0.15, 0.2) is 12.1 Å². The molecule has 78 valence electrons. The van der Waals surface area contributed by atoms with Gasteiger partial charge in [0.15, 0.2) is 0 Å². The average molecular weight is 196 g/mol. The number of hydrogen-bond acceptors (Lipinski definition) is 1. The van der Waals surface area contributed by atoms with Gasteiger partial charge in [-0.2, -0.15) is 0 Å². The standard InChI is InChI=1S/C12H17FO/c1-4-5-11(13)10-7-8(2)6-9(3)12(10)14/h6-7,11,14H,4-5H2,1-3H3. The molecule has 0 radical (unpaired) electrons. The Kier molecular flexibility index (Phi) is 3.50. The molecule has 0 aliphatic rings. The Bertz CT molecular complexity index is 320. The van der Waals surface area contributed by atoms with Crippen molar-refractivity contribution in [3.05, 3.63) is 28.8 Å². The van der Waals surface area contributed by atoms with E-state index in [1.165, 1.54) is 0 Å². The molecule has 2 heteroatoms. The van der Waals surface area contributed by atoms with Gasteiger partial charge in [0.1, 0.15) is 11.9 Å². The summed E-state index contributed by atoms with van der Waals surface area (Å²) in [5.74, 6) is 0.108. The lowest BCUT2D eigenvalue weighted by atomic mass is 10.00. The number of hydrogen-bond donors (Lipinski definition) is 1. The summed E-state index contributed by atoms with van der Waals surface area (Å²) in [6.45, 7) is 5.64. The summed E-state index contributed by atoms with van der Waals surface area (Å²) in [4.78, 5) is 0. The van der Waals surface area contributed by atoms with Gasteiger partial charge in [0.2, 0.25) is 0 Å². The fraction of sp³-hybridized carbons (Fsp3) is 0.500. The molecule has 1 nitrogen and oxygen atoms in total. The fourth-order valence-corrected chi connectivity index (χ4v) is 1.64. The van der Waals surface area contributed by atoms with Crippen molar-refractivity contribution in [1.29, 1.82) is 0 Å². The van der Waals surface area contributed by atoms with Gasteiger partial charge >= 0.3 is 0 Å². The van der Waals surface area contributed by atoms with E-state index in [2.05, 4.69) is 0 Å². The molecule has 0 aliphatic carbocycles. The first-order valence-corrected chi connectivity index (χ1v) is 5.00. The normalized spacial score (nSPS) is 12.9. The Balaban J connectivity index is 3.07. The second-order valence-electron chi connectivity index (χ2n) is 3.78. The van der Waals surface area contributed by atoms with E-state index < -0.39 is 6.17 Å². The monoisotopic (exact) mass is 196 g/mol. The lowest BCUT2D eigenvalue weighted by molar-refractivity contribution is 0.309. The lowest BCUT2D eigenvalue weighted by Crippen LogP contribution is -1.94. The van der Waals surface area contributed by atoms with Crippen molar-refractivity contribution in [2.75, 3.05) is 0 Å². The highest BCUT2D eigenvalue weighted by atomic mass is 19.1. The van der Waals surface area contributed by atoms with Crippen molar-refractivity contribution in [2.45, 2.75) is 39.8 Å². The molecule has 0 amide bonds. The smallest absolute Gasteiger partial charge is 0.129 e. The van der Waals surface area contributed by atoms with Crippen molar-refractivity contribution in [3.63, 3.8) is 0 Å². The minimum atomic E-state index is -1.04. The number of aryl methyl sites for hydroxylation is 2. The van der Waals surface area contributed by atoms with Gasteiger partial charge in [-0.1, -0.05) is 25.0 Å². The molecule has 0 aliphatic heterocycles. The SMILES string of the molecule is CCCC(F)c1cc(C)cc(C)c1O. The summed E-state index contributed by atoms with van der Waals surface area (Å²) in [5.41, 5.74) is 2.18. The first kappa shape index (κ1) is 11.0. The summed E-state index contributed by atoms with van der Waals surface area (Å²) < 4.78 is 13.6. The summed E-state index contributed by atoms with van der Waals surface area (Å²) in [6.07, 6.45) is 0.211. The second-order valence-corrected chi connectivity index (χ2v) is 3.78. The van der Waals surface area contributed by atoms with E-state index in [9.17, 15) is 9.50 Å². The predicted octanol–water partition coefficient (Wildman–Crippen LogP) is 3.82. The molecule has 1 N–H and O–H groups in total. The Morgan fingerprint density at radius 3 is 2.57 bits per heavy atom. The zero-order valence-corrected chi connectivity index (χ0v) is 8.97. The van der Waals surface area contributed by atoms with E-state index in [1.807, 2.05) is 19.9 Å². The van der Waals surface area contributed by atoms with Gasteiger partial charge in [-0.3, -0.25) is 0 Å². The third kappa shape index (κ3) is 2.25. The van der Waals surface area contributed by atoms with E-state index in [1.54, 1.807) is 13.0 Å². The highest BCUT2D eigenvalue weighted by Crippen LogP contribution is 2.33. The van der Waals surface area contributed by atoms with Crippen LogP contribution in [-0.4, -0.2) is 5.11 Å². The molecule has 14 heavy (non-hydrogen) atoms. The van der Waals surface area contributed by atoms with Crippen molar-refractivity contribution in [3.8, 4) is 5.75 Å². The van der Waals surface area contributed by atoms with Crippen LogP contribution < -0.4 is 0 Å². The van der Waals surface area contributed by atoms with Crippen molar-refractivity contribution in [2.24, 2.45) is 0 Å². The van der Waals surface area contributed by atoms with Gasteiger partial charge in [-0.25, -0.2) is 4.39 Å². The van der Waals surface area contributed by atoms with Gasteiger partial charge < -0.3 is 5.11 Å². The number of benzene rings is 1. The Morgan fingerprint density at radius 2 is 2.00 bits per heavy atom. The molecule has 1 aromatic rings. The number of halogens is 1. The summed E-state index contributed by atoms with van der Waals surface area (Å²) in [5, 5.41) is 9.68. The first-order valence-electron chi connectivity index (χ1n) is 5.00. The van der Waals surface area contributed by atoms with E-state index >= 15 is 0 Å². The number of aromatic hydroxyl groups is 1. The van der Waals surface area contributed by atoms with E-state index in [4.69, 9.17) is 0 Å². The maximum absolute atomic E-state index is 13.6. The zero-order chi connectivity index (χ0) is 10.7. The summed E-state index contributed by atoms with van der Waals surface area (Å²) >= 11 is 0. The Labute approximate surface area is 84.6 Å². The second kappa shape index (κ2) is 4.45. The zero-order valence-electron chi connectivity index (χ0n) is 8.97. The van der Waals surface area contributed by atoms with E-state index in [0.29, 0.717) is 12.0 Å². The van der Waals surface area contributed by atoms with Gasteiger partial charge in [-0.05, 0) is 31.9 Å². The van der Waals surface area contributed by atoms with Crippen LogP contribution >= 0.6 is 0 Å². The van der Waals surface area contributed by atoms with Crippen molar-refractivity contribution in [1.82, 2.24) is 0 Å². The third-order valence-corrected chi connectivity index (χ3v) is 2.35. The maximum Gasteiger partial charge on any atom is 0.129 e. The van der Waals surface area contributed by atoms with Crippen LogP contribution in [0.1, 0.15) is 42.6 Å². The number of alkyl halides is 1. The molecule has 0 saturated heterocycles. The molecule has 1 aromatic carbocycles. The molecule has 0 bridgehead atoms. The predicted molar refractivity (Wildman–Crippen MR) is 56.3 cm³/mol. The van der Waals surface area contributed by atoms with E-state index in [0.717, 1.165) is 17.5 Å². The molecule has 1 atom stereocenters. The Morgan fingerprint density at radius 1 is 1.36 bits per heavy atom. The molecule has 1 rings (SSSR count). The summed E-state index contributed by atoms with van der Waals surface area (Å²) in [6, 6.07) is 3.58. The van der Waals surface area contributed by atoms with Crippen LogP contribution in [0, 0.1) is 13.8 Å². The number of phenolic OH excluding ortho intramolecular Hbond substituents is 1. The highest BCUT2D eigenvalue weighted by Gasteiger charge is 2.15. The minimum absolute atomic E-state index is 0.108. The minimum Gasteiger partial charge on any atom is -0.507 e. The van der Waals surface area contributed by atoms with Gasteiger partial charge in [0.05, 0.1) is 0 Å². The molecular weight excluding hydrogens is 179 g/mol. The molecule has 0 heterocycles. The van der Waals surface area contributed by atoms with Crippen LogP contribution in [0.3, 0.4) is 0 Å². The van der Waals surface area contributed by atoms with Crippen molar-refractivity contribution >= 4 is 0 Å². The third-order valence-electron chi connectivity index (χ3n) is 2.35. The number of phenols is 1. The van der Waals surface area contributed by atoms with Crippen LogP contribution in [-0.2, 0) is 0 Å². The van der Waals surface area contributed by atoms with Crippen molar-refractivity contribution < 1.29 is 9.50 Å². The molecule has 0 aromatic heterocycles. The average Bonchev–Trinajstić information content (AvgIpc) is 2.11. The van der Waals surface area contributed by atoms with Gasteiger partial charge in [-0.15, -0.1) is 0 Å². The largest absolute Gasteiger partial charge is 0.507 e. The molecule has 0 spiro atoms. The van der Waals surface area contributed by atoms with Gasteiger partial charge in [0.25, 0.3) is 0 Å². The maximum atomic E-state index is 13.6. The molecule has 0 saturated carbocycles.